The smallest absolute Gasteiger partial charge is 0.475 e. The molecule has 1 saturated carbocycles. The summed E-state index contributed by atoms with van der Waals surface area (Å²) in [4.78, 5) is 16.1. The van der Waals surface area contributed by atoms with Crippen LogP contribution in [0.3, 0.4) is 0 Å². The number of aryl methyl sites for hydroxylation is 2. The molecule has 2 aromatic rings. The molecule has 2 aromatic heterocycles. The molecule has 0 spiro atoms. The molecule has 0 amide bonds. The fourth-order valence-corrected chi connectivity index (χ4v) is 4.37. The molecular weight excluding hydrogens is 441 g/mol. The van der Waals surface area contributed by atoms with Gasteiger partial charge in [-0.05, 0) is 39.5 Å². The quantitative estimate of drug-likeness (QED) is 0.666. The van der Waals surface area contributed by atoms with Crippen LogP contribution < -0.4 is 0 Å². The van der Waals surface area contributed by atoms with Crippen molar-refractivity contribution >= 4 is 5.97 Å². The number of aliphatic carboxylic acids is 1. The maximum absolute atomic E-state index is 10.6. The average Bonchev–Trinajstić information content (AvgIpc) is 3.48. The number of carboxylic acids is 1. The van der Waals surface area contributed by atoms with Crippen LogP contribution in [0, 0.1) is 19.8 Å². The number of hydrogen-bond acceptors (Lipinski definition) is 6. The van der Waals surface area contributed by atoms with Crippen molar-refractivity contribution in [2.45, 2.75) is 78.4 Å². The second-order valence-corrected chi connectivity index (χ2v) is 8.68. The topological polar surface area (TPSA) is 93.6 Å². The largest absolute Gasteiger partial charge is 0.490 e. The van der Waals surface area contributed by atoms with Crippen LogP contribution in [0.1, 0.15) is 67.2 Å². The average molecular weight is 473 g/mol. The molecule has 0 aromatic carbocycles. The first-order valence-electron chi connectivity index (χ1n) is 11.2. The van der Waals surface area contributed by atoms with Crippen molar-refractivity contribution in [3.05, 3.63) is 34.7 Å². The molecule has 0 radical (unpaired) electrons. The Hall–Kier alpha value is -2.40. The zero-order valence-corrected chi connectivity index (χ0v) is 19.2. The number of carboxylic acid groups (broad SMARTS) is 1. The molecule has 184 valence electrons. The van der Waals surface area contributed by atoms with Crippen LogP contribution >= 0.6 is 0 Å². The SMILES string of the molecule is Cc1noc(C)c1CN1CCn2c(COCC3CCCC3)cnc2C1C.O=C(O)C(F)(F)F. The van der Waals surface area contributed by atoms with Gasteiger partial charge in [-0.25, -0.2) is 9.78 Å². The van der Waals surface area contributed by atoms with Gasteiger partial charge < -0.3 is 18.9 Å². The Bertz CT molecular complexity index is 915. The van der Waals surface area contributed by atoms with Gasteiger partial charge in [0.2, 0.25) is 0 Å². The number of nitrogens with zero attached hydrogens (tertiary/aromatic N) is 4. The summed E-state index contributed by atoms with van der Waals surface area (Å²) in [5.74, 6) is 0.0720. The maximum Gasteiger partial charge on any atom is 0.490 e. The van der Waals surface area contributed by atoms with Gasteiger partial charge in [0.1, 0.15) is 11.6 Å². The van der Waals surface area contributed by atoms with Crippen molar-refractivity contribution in [1.29, 1.82) is 0 Å². The van der Waals surface area contributed by atoms with Crippen LogP contribution in [0.2, 0.25) is 0 Å². The minimum absolute atomic E-state index is 0.279. The number of halogens is 3. The standard InChI is InChI=1S/C20H30N4O2.C2HF3O2/c1-14-19(16(3)26-22-14)11-23-8-9-24-18(10-21-20(24)15(23)2)13-25-12-17-6-4-5-7-17;3-2(4,5)1(6)7/h10,15,17H,4-9,11-13H2,1-3H3;(H,6,7). The number of fused-ring (bicyclic) bond motifs is 1. The maximum atomic E-state index is 10.6. The van der Waals surface area contributed by atoms with Gasteiger partial charge in [0, 0.05) is 31.8 Å². The first-order chi connectivity index (χ1) is 15.6. The second kappa shape index (κ2) is 10.7. The molecule has 1 aliphatic carbocycles. The van der Waals surface area contributed by atoms with E-state index in [9.17, 15) is 13.2 Å². The predicted octanol–water partition coefficient (Wildman–Crippen LogP) is 4.40. The lowest BCUT2D eigenvalue weighted by Crippen LogP contribution is -2.37. The third kappa shape index (κ3) is 6.35. The fourth-order valence-electron chi connectivity index (χ4n) is 4.37. The number of aromatic nitrogens is 3. The summed E-state index contributed by atoms with van der Waals surface area (Å²) < 4.78 is 45.4. The van der Waals surface area contributed by atoms with Crippen LogP contribution in [0.4, 0.5) is 13.2 Å². The Labute approximate surface area is 190 Å². The molecule has 1 aliphatic heterocycles. The van der Waals surface area contributed by atoms with E-state index in [2.05, 4.69) is 21.5 Å². The first kappa shape index (κ1) is 25.2. The molecular formula is C22H31F3N4O4. The summed E-state index contributed by atoms with van der Waals surface area (Å²) >= 11 is 0. The Morgan fingerprint density at radius 3 is 2.52 bits per heavy atom. The van der Waals surface area contributed by atoms with E-state index in [1.807, 2.05) is 20.0 Å². The summed E-state index contributed by atoms with van der Waals surface area (Å²) in [6.45, 7) is 10.7. The Kier molecular flexibility index (Phi) is 8.17. The van der Waals surface area contributed by atoms with Gasteiger partial charge in [-0.15, -0.1) is 0 Å². The first-order valence-corrected chi connectivity index (χ1v) is 11.2. The lowest BCUT2D eigenvalue weighted by Gasteiger charge is -2.34. The van der Waals surface area contributed by atoms with Crippen molar-refractivity contribution in [3.8, 4) is 0 Å². The van der Waals surface area contributed by atoms with E-state index < -0.39 is 12.1 Å². The third-order valence-corrected chi connectivity index (χ3v) is 6.36. The molecule has 4 rings (SSSR count). The third-order valence-electron chi connectivity index (χ3n) is 6.36. The van der Waals surface area contributed by atoms with Gasteiger partial charge >= 0.3 is 12.1 Å². The van der Waals surface area contributed by atoms with Gasteiger partial charge in [-0.3, -0.25) is 4.90 Å². The molecule has 1 N–H and O–H groups in total. The number of imidazole rings is 1. The minimum atomic E-state index is -5.08. The monoisotopic (exact) mass is 472 g/mol. The Balaban J connectivity index is 0.000000383. The van der Waals surface area contributed by atoms with Gasteiger partial charge in [0.05, 0.1) is 30.2 Å². The predicted molar refractivity (Wildman–Crippen MR) is 112 cm³/mol. The molecule has 2 aliphatic rings. The zero-order chi connectivity index (χ0) is 24.2. The van der Waals surface area contributed by atoms with Gasteiger partial charge in [-0.2, -0.15) is 13.2 Å². The van der Waals surface area contributed by atoms with Crippen molar-refractivity contribution in [2.24, 2.45) is 5.92 Å². The summed E-state index contributed by atoms with van der Waals surface area (Å²) in [6.07, 6.45) is 2.32. The van der Waals surface area contributed by atoms with Crippen LogP contribution in [0.5, 0.6) is 0 Å². The fraction of sp³-hybridized carbons (Fsp3) is 0.682. The minimum Gasteiger partial charge on any atom is -0.475 e. The molecule has 1 fully saturated rings. The number of rotatable bonds is 6. The molecule has 0 bridgehead atoms. The van der Waals surface area contributed by atoms with Crippen LogP contribution in [-0.2, 0) is 29.2 Å². The van der Waals surface area contributed by atoms with E-state index in [1.165, 1.54) is 36.9 Å². The summed E-state index contributed by atoms with van der Waals surface area (Å²) in [5, 5.41) is 11.2. The number of hydrogen-bond donors (Lipinski definition) is 1. The van der Waals surface area contributed by atoms with Gasteiger partial charge in [-0.1, -0.05) is 18.0 Å². The van der Waals surface area contributed by atoms with Crippen LogP contribution in [-0.4, -0.2) is 50.0 Å². The van der Waals surface area contributed by atoms with Crippen molar-refractivity contribution < 1.29 is 32.3 Å². The van der Waals surface area contributed by atoms with Crippen LogP contribution in [0.25, 0.3) is 0 Å². The van der Waals surface area contributed by atoms with E-state index in [1.54, 1.807) is 0 Å². The van der Waals surface area contributed by atoms with Crippen molar-refractivity contribution in [2.75, 3.05) is 13.2 Å². The molecule has 33 heavy (non-hydrogen) atoms. The van der Waals surface area contributed by atoms with Gasteiger partial charge in [0.25, 0.3) is 0 Å². The summed E-state index contributed by atoms with van der Waals surface area (Å²) in [7, 11) is 0. The highest BCUT2D eigenvalue weighted by Gasteiger charge is 2.38. The molecule has 1 atom stereocenters. The Morgan fingerprint density at radius 1 is 1.27 bits per heavy atom. The van der Waals surface area contributed by atoms with Crippen molar-refractivity contribution in [1.82, 2.24) is 19.6 Å². The van der Waals surface area contributed by atoms with E-state index in [-0.39, 0.29) is 6.04 Å². The lowest BCUT2D eigenvalue weighted by molar-refractivity contribution is -0.192. The molecule has 1 unspecified atom stereocenters. The van der Waals surface area contributed by atoms with E-state index in [0.29, 0.717) is 6.61 Å². The van der Waals surface area contributed by atoms with Crippen molar-refractivity contribution in [3.63, 3.8) is 0 Å². The van der Waals surface area contributed by atoms with E-state index in [0.717, 1.165) is 49.4 Å². The second-order valence-electron chi connectivity index (χ2n) is 8.68. The highest BCUT2D eigenvalue weighted by molar-refractivity contribution is 5.73. The Morgan fingerprint density at radius 2 is 1.94 bits per heavy atom. The summed E-state index contributed by atoms with van der Waals surface area (Å²) in [6, 6.07) is 0.279. The van der Waals surface area contributed by atoms with E-state index in [4.69, 9.17) is 24.1 Å². The molecule has 0 saturated heterocycles. The number of carbonyl (C=O) groups is 1. The highest BCUT2D eigenvalue weighted by atomic mass is 19.4. The normalized spacial score (nSPS) is 19.3. The number of ether oxygens (including phenoxy) is 1. The summed E-state index contributed by atoms with van der Waals surface area (Å²) in [5.41, 5.74) is 3.41. The highest BCUT2D eigenvalue weighted by Crippen LogP contribution is 2.29. The zero-order valence-electron chi connectivity index (χ0n) is 19.2. The molecule has 8 nitrogen and oxygen atoms in total. The van der Waals surface area contributed by atoms with Gasteiger partial charge in [0.15, 0.2) is 0 Å². The number of alkyl halides is 3. The molecule has 3 heterocycles. The lowest BCUT2D eigenvalue weighted by atomic mass is 10.1. The van der Waals surface area contributed by atoms with Crippen LogP contribution in [0.15, 0.2) is 10.7 Å². The molecule has 11 heteroatoms. The van der Waals surface area contributed by atoms with E-state index >= 15 is 0 Å².